The minimum atomic E-state index is -4.40. The summed E-state index contributed by atoms with van der Waals surface area (Å²) in [5, 5.41) is 6.51. The number of halogens is 5. The van der Waals surface area contributed by atoms with Crippen LogP contribution >= 0.6 is 23.2 Å². The molecule has 1 saturated carbocycles. The van der Waals surface area contributed by atoms with Gasteiger partial charge in [0.15, 0.2) is 0 Å². The molecule has 1 aliphatic rings. The summed E-state index contributed by atoms with van der Waals surface area (Å²) in [6.45, 7) is 0.346. The molecule has 0 spiro atoms. The van der Waals surface area contributed by atoms with Crippen LogP contribution < -0.4 is 10.6 Å². The number of hydrogen-bond donors (Lipinski definition) is 2. The molecule has 2 amide bonds. The Bertz CT molecular complexity index is 929. The van der Waals surface area contributed by atoms with Crippen LogP contribution in [0.4, 0.5) is 13.2 Å². The highest BCUT2D eigenvalue weighted by Crippen LogP contribution is 2.33. The van der Waals surface area contributed by atoms with Gasteiger partial charge in [-0.05, 0) is 54.3 Å². The third-order valence-corrected chi connectivity index (χ3v) is 5.76. The predicted molar refractivity (Wildman–Crippen MR) is 112 cm³/mol. The average Bonchev–Trinajstić information content (AvgIpc) is 3.19. The molecule has 2 aromatic carbocycles. The zero-order valence-corrected chi connectivity index (χ0v) is 17.9. The van der Waals surface area contributed by atoms with E-state index in [-0.39, 0.29) is 24.9 Å². The third-order valence-electron chi connectivity index (χ3n) is 5.33. The van der Waals surface area contributed by atoms with Crippen LogP contribution in [0, 0.1) is 11.8 Å². The minimum absolute atomic E-state index is 0.100. The zero-order chi connectivity index (χ0) is 22.6. The van der Waals surface area contributed by atoms with Crippen molar-refractivity contribution in [3.05, 3.63) is 69.2 Å². The lowest BCUT2D eigenvalue weighted by Gasteiger charge is -2.19. The van der Waals surface area contributed by atoms with E-state index in [0.717, 1.165) is 24.1 Å². The van der Waals surface area contributed by atoms with Gasteiger partial charge in [-0.1, -0.05) is 41.8 Å². The molecule has 4 nitrogen and oxygen atoms in total. The van der Waals surface area contributed by atoms with Crippen molar-refractivity contribution in [3.63, 3.8) is 0 Å². The maximum Gasteiger partial charge on any atom is 0.416 e. The highest BCUT2D eigenvalue weighted by atomic mass is 35.5. The molecule has 1 fully saturated rings. The average molecular weight is 473 g/mol. The molecule has 0 heterocycles. The molecule has 0 saturated heterocycles. The summed E-state index contributed by atoms with van der Waals surface area (Å²) >= 11 is 11.9. The summed E-state index contributed by atoms with van der Waals surface area (Å²) in [5.74, 6) is -1.42. The highest BCUT2D eigenvalue weighted by Gasteiger charge is 2.37. The predicted octanol–water partition coefficient (Wildman–Crippen LogP) is 5.36. The molecule has 2 aromatic rings. The van der Waals surface area contributed by atoms with Gasteiger partial charge in [0.2, 0.25) is 11.8 Å². The third kappa shape index (κ3) is 6.37. The first kappa shape index (κ1) is 23.4. The number of nitrogens with one attached hydrogen (secondary N) is 2. The van der Waals surface area contributed by atoms with Gasteiger partial charge in [0.1, 0.15) is 0 Å². The lowest BCUT2D eigenvalue weighted by atomic mass is 9.94. The maximum absolute atomic E-state index is 12.6. The van der Waals surface area contributed by atoms with Gasteiger partial charge in [0.25, 0.3) is 0 Å². The van der Waals surface area contributed by atoms with Crippen LogP contribution in [0.3, 0.4) is 0 Å². The Labute approximate surface area is 188 Å². The molecule has 0 aliphatic heterocycles. The van der Waals surface area contributed by atoms with E-state index in [1.165, 1.54) is 12.1 Å². The number of rotatable bonds is 6. The van der Waals surface area contributed by atoms with E-state index >= 15 is 0 Å². The molecule has 9 heteroatoms. The largest absolute Gasteiger partial charge is 0.416 e. The van der Waals surface area contributed by atoms with E-state index in [9.17, 15) is 22.8 Å². The van der Waals surface area contributed by atoms with E-state index in [1.807, 2.05) is 0 Å². The van der Waals surface area contributed by atoms with Gasteiger partial charge in [0.05, 0.1) is 5.56 Å². The molecule has 166 valence electrons. The maximum atomic E-state index is 12.6. The van der Waals surface area contributed by atoms with Crippen molar-refractivity contribution in [2.75, 3.05) is 0 Å². The highest BCUT2D eigenvalue weighted by molar-refractivity contribution is 6.34. The standard InChI is InChI=1S/C22H21Cl2F3N2O2/c23-16-8-14(9-17(24)10-16)12-29-21(31)19-3-1-2-18(19)20(30)28-11-13-4-6-15(7-5-13)22(25,26)27/h4-10,18-19H,1-3,11-12H2,(H,28,30)(H,29,31). The van der Waals surface area contributed by atoms with E-state index in [4.69, 9.17) is 23.2 Å². The summed E-state index contributed by atoms with van der Waals surface area (Å²) in [5.41, 5.74) is 0.571. The summed E-state index contributed by atoms with van der Waals surface area (Å²) in [7, 11) is 0. The Kier molecular flexibility index (Phi) is 7.49. The molecular formula is C22H21Cl2F3N2O2. The molecule has 31 heavy (non-hydrogen) atoms. The summed E-state index contributed by atoms with van der Waals surface area (Å²) < 4.78 is 37.9. The Balaban J connectivity index is 1.54. The van der Waals surface area contributed by atoms with Gasteiger partial charge < -0.3 is 10.6 Å². The molecular weight excluding hydrogens is 452 g/mol. The van der Waals surface area contributed by atoms with Crippen LogP contribution in [0.5, 0.6) is 0 Å². The van der Waals surface area contributed by atoms with Gasteiger partial charge >= 0.3 is 6.18 Å². The molecule has 1 aliphatic carbocycles. The van der Waals surface area contributed by atoms with Crippen molar-refractivity contribution < 1.29 is 22.8 Å². The first-order chi connectivity index (χ1) is 14.6. The smallest absolute Gasteiger partial charge is 0.352 e. The lowest BCUT2D eigenvalue weighted by Crippen LogP contribution is -2.39. The second-order valence-electron chi connectivity index (χ2n) is 7.55. The lowest BCUT2D eigenvalue weighted by molar-refractivity contribution is -0.137. The SMILES string of the molecule is O=C(NCc1ccc(C(F)(F)F)cc1)C1CCCC1C(=O)NCc1cc(Cl)cc(Cl)c1. The van der Waals surface area contributed by atoms with E-state index in [1.54, 1.807) is 18.2 Å². The molecule has 0 aromatic heterocycles. The molecule has 0 bridgehead atoms. The Morgan fingerprint density at radius 1 is 0.839 bits per heavy atom. The van der Waals surface area contributed by atoms with Gasteiger partial charge in [-0.25, -0.2) is 0 Å². The molecule has 2 unspecified atom stereocenters. The first-order valence-electron chi connectivity index (χ1n) is 9.80. The number of alkyl halides is 3. The second kappa shape index (κ2) is 9.92. The first-order valence-corrected chi connectivity index (χ1v) is 10.6. The Hall–Kier alpha value is -2.25. The number of carbonyl (C=O) groups excluding carboxylic acids is 2. The molecule has 2 atom stereocenters. The zero-order valence-electron chi connectivity index (χ0n) is 16.4. The van der Waals surface area contributed by atoms with E-state index in [0.29, 0.717) is 28.5 Å². The van der Waals surface area contributed by atoms with Crippen molar-refractivity contribution >= 4 is 35.0 Å². The quantitative estimate of drug-likeness (QED) is 0.594. The topological polar surface area (TPSA) is 58.2 Å². The van der Waals surface area contributed by atoms with Crippen molar-refractivity contribution in [1.82, 2.24) is 10.6 Å². The van der Waals surface area contributed by atoms with Crippen molar-refractivity contribution in [1.29, 1.82) is 0 Å². The van der Waals surface area contributed by atoms with Crippen molar-refractivity contribution in [2.24, 2.45) is 11.8 Å². The fraction of sp³-hybridized carbons (Fsp3) is 0.364. The Morgan fingerprint density at radius 2 is 1.32 bits per heavy atom. The normalized spacial score (nSPS) is 18.6. The van der Waals surface area contributed by atoms with Crippen molar-refractivity contribution in [2.45, 2.75) is 38.5 Å². The number of hydrogen-bond acceptors (Lipinski definition) is 2. The van der Waals surface area contributed by atoms with Crippen molar-refractivity contribution in [3.8, 4) is 0 Å². The van der Waals surface area contributed by atoms with Crippen LogP contribution in [-0.2, 0) is 28.9 Å². The van der Waals surface area contributed by atoms with Gasteiger partial charge in [-0.3, -0.25) is 9.59 Å². The van der Waals surface area contributed by atoms with Crippen LogP contribution in [0.1, 0.15) is 36.0 Å². The fourth-order valence-corrected chi connectivity index (χ4v) is 4.32. The van der Waals surface area contributed by atoms with E-state index in [2.05, 4.69) is 10.6 Å². The number of benzene rings is 2. The summed E-state index contributed by atoms with van der Waals surface area (Å²) in [6, 6.07) is 9.64. The minimum Gasteiger partial charge on any atom is -0.352 e. The van der Waals surface area contributed by atoms with Crippen LogP contribution in [0.25, 0.3) is 0 Å². The monoisotopic (exact) mass is 472 g/mol. The van der Waals surface area contributed by atoms with Gasteiger partial charge in [-0.15, -0.1) is 0 Å². The molecule has 2 N–H and O–H groups in total. The van der Waals surface area contributed by atoms with E-state index < -0.39 is 23.6 Å². The van der Waals surface area contributed by atoms with Crippen LogP contribution in [0.2, 0.25) is 10.0 Å². The van der Waals surface area contributed by atoms with Crippen LogP contribution in [0.15, 0.2) is 42.5 Å². The van der Waals surface area contributed by atoms with Gasteiger partial charge in [-0.2, -0.15) is 13.2 Å². The second-order valence-corrected chi connectivity index (χ2v) is 8.42. The summed E-state index contributed by atoms with van der Waals surface area (Å²) in [6.07, 6.45) is -2.47. The number of carbonyl (C=O) groups is 2. The fourth-order valence-electron chi connectivity index (χ4n) is 3.75. The molecule has 3 rings (SSSR count). The number of amides is 2. The van der Waals surface area contributed by atoms with Crippen LogP contribution in [-0.4, -0.2) is 11.8 Å². The van der Waals surface area contributed by atoms with Gasteiger partial charge in [0, 0.05) is 35.0 Å². The summed E-state index contributed by atoms with van der Waals surface area (Å²) in [4.78, 5) is 25.3. The molecule has 0 radical (unpaired) electrons. The Morgan fingerprint density at radius 3 is 1.81 bits per heavy atom.